The van der Waals surface area contributed by atoms with E-state index in [2.05, 4.69) is 0 Å². The summed E-state index contributed by atoms with van der Waals surface area (Å²) in [5.41, 5.74) is 0. The van der Waals surface area contributed by atoms with Crippen LogP contribution in [0, 0.1) is 0 Å². The SMILES string of the molecule is C(CCCOC[C@H]1CO1)CCOC[C@@H]1CO1. The van der Waals surface area contributed by atoms with Crippen molar-refractivity contribution in [2.45, 2.75) is 37.9 Å². The quantitative estimate of drug-likeness (QED) is 0.397. The van der Waals surface area contributed by atoms with E-state index in [1.807, 2.05) is 0 Å². The monoisotopic (exact) mass is 230 g/mol. The molecule has 2 fully saturated rings. The van der Waals surface area contributed by atoms with Gasteiger partial charge >= 0.3 is 0 Å². The van der Waals surface area contributed by atoms with Crippen molar-refractivity contribution in [3.8, 4) is 0 Å². The van der Waals surface area contributed by atoms with E-state index in [1.165, 1.54) is 12.8 Å². The van der Waals surface area contributed by atoms with Crippen LogP contribution in [-0.4, -0.2) is 51.8 Å². The minimum absolute atomic E-state index is 0.401. The van der Waals surface area contributed by atoms with Gasteiger partial charge < -0.3 is 18.9 Å². The standard InChI is InChI=1S/C12H22O4/c1(3-5-13-7-11-9-15-11)2-4-6-14-8-12-10-16-12/h11-12H,1-10H2/t11-,12+. The van der Waals surface area contributed by atoms with Gasteiger partial charge in [0.1, 0.15) is 12.2 Å². The fourth-order valence-corrected chi connectivity index (χ4v) is 1.52. The Hall–Kier alpha value is -0.160. The van der Waals surface area contributed by atoms with Gasteiger partial charge in [-0.25, -0.2) is 0 Å². The van der Waals surface area contributed by atoms with E-state index in [-0.39, 0.29) is 0 Å². The second-order valence-corrected chi connectivity index (χ2v) is 4.47. The average Bonchev–Trinajstić information content (AvgIpc) is 3.14. The lowest BCUT2D eigenvalue weighted by Gasteiger charge is -2.03. The number of unbranched alkanes of at least 4 members (excludes halogenated alkanes) is 3. The van der Waals surface area contributed by atoms with E-state index >= 15 is 0 Å². The van der Waals surface area contributed by atoms with Crippen LogP contribution < -0.4 is 0 Å². The Bertz CT molecular complexity index is 158. The Morgan fingerprint density at radius 3 is 1.56 bits per heavy atom. The summed E-state index contributed by atoms with van der Waals surface area (Å²) >= 11 is 0. The molecule has 2 saturated heterocycles. The van der Waals surface area contributed by atoms with Gasteiger partial charge in [0.25, 0.3) is 0 Å². The van der Waals surface area contributed by atoms with E-state index in [9.17, 15) is 0 Å². The molecule has 0 unspecified atom stereocenters. The van der Waals surface area contributed by atoms with Crippen LogP contribution in [0.5, 0.6) is 0 Å². The zero-order chi connectivity index (χ0) is 11.1. The molecule has 0 saturated carbocycles. The first-order valence-corrected chi connectivity index (χ1v) is 6.34. The van der Waals surface area contributed by atoms with E-state index in [1.54, 1.807) is 0 Å². The van der Waals surface area contributed by atoms with Crippen molar-refractivity contribution < 1.29 is 18.9 Å². The molecule has 0 aromatic carbocycles. The van der Waals surface area contributed by atoms with Gasteiger partial charge in [0.05, 0.1) is 26.4 Å². The number of hydrogen-bond acceptors (Lipinski definition) is 4. The fourth-order valence-electron chi connectivity index (χ4n) is 1.52. The summed E-state index contributed by atoms with van der Waals surface area (Å²) in [5.74, 6) is 0. The smallest absolute Gasteiger partial charge is 0.104 e. The summed E-state index contributed by atoms with van der Waals surface area (Å²) in [5, 5.41) is 0. The highest BCUT2D eigenvalue weighted by molar-refractivity contribution is 4.67. The van der Waals surface area contributed by atoms with Gasteiger partial charge in [0, 0.05) is 13.2 Å². The number of ether oxygens (including phenoxy) is 4. The highest BCUT2D eigenvalue weighted by Gasteiger charge is 2.22. The van der Waals surface area contributed by atoms with Crippen molar-refractivity contribution in [1.82, 2.24) is 0 Å². The van der Waals surface area contributed by atoms with E-state index in [0.717, 1.165) is 52.5 Å². The Morgan fingerprint density at radius 2 is 1.19 bits per heavy atom. The third kappa shape index (κ3) is 6.43. The average molecular weight is 230 g/mol. The normalized spacial score (nSPS) is 27.0. The Balaban J connectivity index is 1.22. The minimum atomic E-state index is 0.401. The largest absolute Gasteiger partial charge is 0.379 e. The number of hydrogen-bond donors (Lipinski definition) is 0. The van der Waals surface area contributed by atoms with Crippen LogP contribution in [0.2, 0.25) is 0 Å². The maximum absolute atomic E-state index is 5.45. The number of epoxide rings is 2. The molecule has 94 valence electrons. The molecule has 0 spiro atoms. The molecule has 0 aromatic heterocycles. The first kappa shape index (κ1) is 12.3. The van der Waals surface area contributed by atoms with Crippen LogP contribution in [-0.2, 0) is 18.9 Å². The molecule has 0 aromatic rings. The van der Waals surface area contributed by atoms with Crippen LogP contribution >= 0.6 is 0 Å². The predicted molar refractivity (Wildman–Crippen MR) is 59.6 cm³/mol. The molecule has 2 aliphatic rings. The predicted octanol–water partition coefficient (Wildman–Crippen LogP) is 1.38. The molecule has 0 bridgehead atoms. The zero-order valence-corrected chi connectivity index (χ0v) is 9.86. The van der Waals surface area contributed by atoms with Gasteiger partial charge in [0.2, 0.25) is 0 Å². The lowest BCUT2D eigenvalue weighted by molar-refractivity contribution is 0.105. The fraction of sp³-hybridized carbons (Fsp3) is 1.00. The van der Waals surface area contributed by atoms with Crippen molar-refractivity contribution >= 4 is 0 Å². The zero-order valence-electron chi connectivity index (χ0n) is 9.86. The summed E-state index contributed by atoms with van der Waals surface area (Å²) in [6.45, 7) is 5.09. The van der Waals surface area contributed by atoms with Crippen LogP contribution in [0.25, 0.3) is 0 Å². The molecular formula is C12H22O4. The molecule has 0 amide bonds. The molecule has 0 N–H and O–H groups in total. The van der Waals surface area contributed by atoms with E-state index in [0.29, 0.717) is 12.2 Å². The second-order valence-electron chi connectivity index (χ2n) is 4.47. The summed E-state index contributed by atoms with van der Waals surface area (Å²) in [6, 6.07) is 0. The molecule has 2 heterocycles. The molecule has 0 radical (unpaired) electrons. The molecule has 16 heavy (non-hydrogen) atoms. The van der Waals surface area contributed by atoms with Crippen LogP contribution in [0.1, 0.15) is 25.7 Å². The molecule has 4 nitrogen and oxygen atoms in total. The highest BCUT2D eigenvalue weighted by Crippen LogP contribution is 2.10. The van der Waals surface area contributed by atoms with Crippen LogP contribution in [0.4, 0.5) is 0 Å². The van der Waals surface area contributed by atoms with Crippen molar-refractivity contribution in [3.63, 3.8) is 0 Å². The van der Waals surface area contributed by atoms with E-state index < -0.39 is 0 Å². The highest BCUT2D eigenvalue weighted by atomic mass is 16.6. The van der Waals surface area contributed by atoms with Gasteiger partial charge in [-0.05, 0) is 12.8 Å². The lowest BCUT2D eigenvalue weighted by Crippen LogP contribution is -2.04. The first-order valence-electron chi connectivity index (χ1n) is 6.34. The Labute approximate surface area is 97.2 Å². The van der Waals surface area contributed by atoms with Gasteiger partial charge in [0.15, 0.2) is 0 Å². The first-order chi connectivity index (χ1) is 7.95. The van der Waals surface area contributed by atoms with Crippen molar-refractivity contribution in [3.05, 3.63) is 0 Å². The van der Waals surface area contributed by atoms with Gasteiger partial charge in [-0.2, -0.15) is 0 Å². The molecule has 2 rings (SSSR count). The molecule has 0 aliphatic carbocycles. The maximum atomic E-state index is 5.45. The molecular weight excluding hydrogens is 208 g/mol. The van der Waals surface area contributed by atoms with Gasteiger partial charge in [-0.15, -0.1) is 0 Å². The molecule has 2 aliphatic heterocycles. The maximum Gasteiger partial charge on any atom is 0.104 e. The van der Waals surface area contributed by atoms with Gasteiger partial charge in [-0.1, -0.05) is 12.8 Å². The lowest BCUT2D eigenvalue weighted by atomic mass is 10.2. The van der Waals surface area contributed by atoms with Crippen molar-refractivity contribution in [1.29, 1.82) is 0 Å². The Kier molecular flexibility index (Phi) is 5.55. The third-order valence-corrected chi connectivity index (χ3v) is 2.74. The summed E-state index contributed by atoms with van der Waals surface area (Å²) in [4.78, 5) is 0. The summed E-state index contributed by atoms with van der Waals surface area (Å²) in [6.07, 6.45) is 5.57. The minimum Gasteiger partial charge on any atom is -0.379 e. The topological polar surface area (TPSA) is 43.5 Å². The summed E-state index contributed by atoms with van der Waals surface area (Å²) < 4.78 is 21.0. The van der Waals surface area contributed by atoms with Crippen LogP contribution in [0.15, 0.2) is 0 Å². The molecule has 4 heteroatoms. The Morgan fingerprint density at radius 1 is 0.750 bits per heavy atom. The third-order valence-electron chi connectivity index (χ3n) is 2.74. The van der Waals surface area contributed by atoms with Crippen LogP contribution in [0.3, 0.4) is 0 Å². The van der Waals surface area contributed by atoms with Crippen molar-refractivity contribution in [2.75, 3.05) is 39.6 Å². The second kappa shape index (κ2) is 7.22. The van der Waals surface area contributed by atoms with Gasteiger partial charge in [-0.3, -0.25) is 0 Å². The summed E-state index contributed by atoms with van der Waals surface area (Å²) in [7, 11) is 0. The number of rotatable bonds is 11. The van der Waals surface area contributed by atoms with Crippen molar-refractivity contribution in [2.24, 2.45) is 0 Å². The molecule has 2 atom stereocenters. The van der Waals surface area contributed by atoms with E-state index in [4.69, 9.17) is 18.9 Å².